The van der Waals surface area contributed by atoms with Gasteiger partial charge in [-0.2, -0.15) is 13.2 Å². The Bertz CT molecular complexity index is 765. The summed E-state index contributed by atoms with van der Waals surface area (Å²) in [4.78, 5) is 0. The maximum atomic E-state index is 13.0. The molecule has 0 atom stereocenters. The van der Waals surface area contributed by atoms with Crippen LogP contribution < -0.4 is 10.1 Å². The van der Waals surface area contributed by atoms with Gasteiger partial charge in [0.1, 0.15) is 5.75 Å². The number of nitrogens with one attached hydrogen (secondary N) is 1. The molecule has 0 saturated heterocycles. The topological polar surface area (TPSA) is 21.3 Å². The molecule has 0 heterocycles. The van der Waals surface area contributed by atoms with Crippen molar-refractivity contribution in [2.45, 2.75) is 19.1 Å². The Labute approximate surface area is 139 Å². The van der Waals surface area contributed by atoms with Gasteiger partial charge in [0.05, 0.1) is 12.7 Å². The predicted molar refractivity (Wildman–Crippen MR) is 87.8 cm³/mol. The molecular formula is C19H18F3NO. The average molecular weight is 333 g/mol. The lowest BCUT2D eigenvalue weighted by atomic mass is 10.1. The molecule has 0 spiro atoms. The first-order valence-electron chi connectivity index (χ1n) is 7.69. The molecule has 0 unspecified atom stereocenters. The first kappa shape index (κ1) is 16.6. The van der Waals surface area contributed by atoms with Crippen LogP contribution in [0.5, 0.6) is 5.75 Å². The molecule has 1 aliphatic rings. The SMILES string of the molecule is COc1ccc2c(c1)C=C(CNCc1ccccc1C(F)(F)F)C2. The fourth-order valence-corrected chi connectivity index (χ4v) is 2.93. The number of alkyl halides is 3. The van der Waals surface area contributed by atoms with Gasteiger partial charge in [0.15, 0.2) is 0 Å². The summed E-state index contributed by atoms with van der Waals surface area (Å²) in [5.41, 5.74) is 3.17. The standard InChI is InChI=1S/C19H18F3NO/c1-24-17-7-6-14-8-13(9-16(14)10-17)11-23-12-15-4-2-3-5-18(15)19(20,21)22/h2-7,9-10,23H,8,11-12H2,1H3. The lowest BCUT2D eigenvalue weighted by Crippen LogP contribution is -2.19. The fourth-order valence-electron chi connectivity index (χ4n) is 2.93. The minimum atomic E-state index is -4.32. The molecule has 3 rings (SSSR count). The molecular weight excluding hydrogens is 315 g/mol. The number of halogens is 3. The second kappa shape index (κ2) is 6.69. The van der Waals surface area contributed by atoms with Crippen LogP contribution in [0.15, 0.2) is 48.0 Å². The number of rotatable bonds is 5. The third-order valence-electron chi connectivity index (χ3n) is 4.12. The molecule has 2 aromatic rings. The van der Waals surface area contributed by atoms with Gasteiger partial charge >= 0.3 is 6.18 Å². The number of hydrogen-bond donors (Lipinski definition) is 1. The molecule has 1 aliphatic carbocycles. The van der Waals surface area contributed by atoms with Gasteiger partial charge < -0.3 is 10.1 Å². The van der Waals surface area contributed by atoms with Crippen LogP contribution in [0.1, 0.15) is 22.3 Å². The quantitative estimate of drug-likeness (QED) is 0.873. The predicted octanol–water partition coefficient (Wildman–Crippen LogP) is 4.44. The Kier molecular flexibility index (Phi) is 4.62. The Morgan fingerprint density at radius 3 is 2.62 bits per heavy atom. The van der Waals surface area contributed by atoms with E-state index in [1.54, 1.807) is 13.2 Å². The summed E-state index contributed by atoms with van der Waals surface area (Å²) in [6.45, 7) is 0.746. The van der Waals surface area contributed by atoms with Crippen molar-refractivity contribution in [3.05, 3.63) is 70.3 Å². The summed E-state index contributed by atoms with van der Waals surface area (Å²) in [5.74, 6) is 0.804. The summed E-state index contributed by atoms with van der Waals surface area (Å²) in [7, 11) is 1.63. The molecule has 1 N–H and O–H groups in total. The Morgan fingerprint density at radius 2 is 1.88 bits per heavy atom. The normalized spacial score (nSPS) is 13.6. The summed E-state index contributed by atoms with van der Waals surface area (Å²) < 4.78 is 44.1. The zero-order valence-corrected chi connectivity index (χ0v) is 13.3. The minimum absolute atomic E-state index is 0.187. The van der Waals surface area contributed by atoms with Crippen molar-refractivity contribution < 1.29 is 17.9 Å². The first-order chi connectivity index (χ1) is 11.5. The number of hydrogen-bond acceptors (Lipinski definition) is 2. The lowest BCUT2D eigenvalue weighted by Gasteiger charge is -2.13. The Morgan fingerprint density at radius 1 is 1.08 bits per heavy atom. The van der Waals surface area contributed by atoms with Gasteiger partial charge in [0.25, 0.3) is 0 Å². The van der Waals surface area contributed by atoms with E-state index in [-0.39, 0.29) is 12.1 Å². The van der Waals surface area contributed by atoms with Gasteiger partial charge in [0.2, 0.25) is 0 Å². The van der Waals surface area contributed by atoms with Gasteiger partial charge in [-0.15, -0.1) is 0 Å². The number of fused-ring (bicyclic) bond motifs is 1. The van der Waals surface area contributed by atoms with Crippen molar-refractivity contribution >= 4 is 6.08 Å². The number of benzene rings is 2. The van der Waals surface area contributed by atoms with Gasteiger partial charge in [0, 0.05) is 13.1 Å². The lowest BCUT2D eigenvalue weighted by molar-refractivity contribution is -0.138. The van der Waals surface area contributed by atoms with Crippen LogP contribution >= 0.6 is 0 Å². The van der Waals surface area contributed by atoms with Gasteiger partial charge in [-0.05, 0) is 41.3 Å². The fraction of sp³-hybridized carbons (Fsp3) is 0.263. The van der Waals surface area contributed by atoms with Crippen LogP contribution in [-0.4, -0.2) is 13.7 Å². The zero-order valence-electron chi connectivity index (χ0n) is 13.3. The van der Waals surface area contributed by atoms with Crippen LogP contribution in [0, 0.1) is 0 Å². The number of ether oxygens (including phenoxy) is 1. The van der Waals surface area contributed by atoms with Crippen molar-refractivity contribution in [1.29, 1.82) is 0 Å². The third-order valence-corrected chi connectivity index (χ3v) is 4.12. The first-order valence-corrected chi connectivity index (χ1v) is 7.69. The molecule has 0 aromatic heterocycles. The summed E-state index contributed by atoms with van der Waals surface area (Å²) in [5, 5.41) is 3.12. The second-order valence-corrected chi connectivity index (χ2v) is 5.80. The highest BCUT2D eigenvalue weighted by Crippen LogP contribution is 2.32. The Balaban J connectivity index is 1.62. The number of methoxy groups -OCH3 is 1. The molecule has 2 nitrogen and oxygen atoms in total. The Hall–Kier alpha value is -2.27. The average Bonchev–Trinajstić information content (AvgIpc) is 2.96. The van der Waals surface area contributed by atoms with E-state index in [9.17, 15) is 13.2 Å². The van der Waals surface area contributed by atoms with E-state index in [0.717, 1.165) is 29.4 Å². The summed E-state index contributed by atoms with van der Waals surface area (Å²) >= 11 is 0. The van der Waals surface area contributed by atoms with Crippen LogP contribution in [0.4, 0.5) is 13.2 Å². The molecule has 2 aromatic carbocycles. The molecule has 0 amide bonds. The molecule has 0 saturated carbocycles. The maximum absolute atomic E-state index is 13.0. The van der Waals surface area contributed by atoms with Crippen LogP contribution in [0.25, 0.3) is 6.08 Å². The second-order valence-electron chi connectivity index (χ2n) is 5.80. The van der Waals surface area contributed by atoms with E-state index in [0.29, 0.717) is 6.54 Å². The maximum Gasteiger partial charge on any atom is 0.416 e. The highest BCUT2D eigenvalue weighted by atomic mass is 19.4. The minimum Gasteiger partial charge on any atom is -0.497 e. The van der Waals surface area contributed by atoms with Crippen LogP contribution in [-0.2, 0) is 19.1 Å². The van der Waals surface area contributed by atoms with Gasteiger partial charge in [-0.3, -0.25) is 0 Å². The van der Waals surface area contributed by atoms with Crippen LogP contribution in [0.3, 0.4) is 0 Å². The molecule has 0 fully saturated rings. The zero-order chi connectivity index (χ0) is 17.2. The largest absolute Gasteiger partial charge is 0.497 e. The van der Waals surface area contributed by atoms with Crippen molar-refractivity contribution in [2.75, 3.05) is 13.7 Å². The molecule has 5 heteroatoms. The van der Waals surface area contributed by atoms with E-state index in [1.807, 2.05) is 18.2 Å². The van der Waals surface area contributed by atoms with Crippen molar-refractivity contribution in [1.82, 2.24) is 5.32 Å². The van der Waals surface area contributed by atoms with Crippen molar-refractivity contribution in [3.63, 3.8) is 0 Å². The highest BCUT2D eigenvalue weighted by Gasteiger charge is 2.32. The third kappa shape index (κ3) is 3.62. The van der Waals surface area contributed by atoms with Crippen molar-refractivity contribution in [2.24, 2.45) is 0 Å². The molecule has 0 aliphatic heterocycles. The van der Waals surface area contributed by atoms with E-state index in [1.165, 1.54) is 17.7 Å². The van der Waals surface area contributed by atoms with E-state index in [4.69, 9.17) is 4.74 Å². The van der Waals surface area contributed by atoms with Gasteiger partial charge in [-0.1, -0.05) is 35.9 Å². The summed E-state index contributed by atoms with van der Waals surface area (Å²) in [6, 6.07) is 11.6. The molecule has 0 bridgehead atoms. The van der Waals surface area contributed by atoms with Crippen LogP contribution in [0.2, 0.25) is 0 Å². The molecule has 126 valence electrons. The van der Waals surface area contributed by atoms with Crippen molar-refractivity contribution in [3.8, 4) is 5.75 Å². The summed E-state index contributed by atoms with van der Waals surface area (Å²) in [6.07, 6.45) is -1.44. The van der Waals surface area contributed by atoms with E-state index >= 15 is 0 Å². The van der Waals surface area contributed by atoms with E-state index < -0.39 is 11.7 Å². The molecule has 24 heavy (non-hydrogen) atoms. The van der Waals surface area contributed by atoms with Gasteiger partial charge in [-0.25, -0.2) is 0 Å². The molecule has 0 radical (unpaired) electrons. The van der Waals surface area contributed by atoms with E-state index in [2.05, 4.69) is 11.4 Å². The monoisotopic (exact) mass is 333 g/mol. The smallest absolute Gasteiger partial charge is 0.416 e. The highest BCUT2D eigenvalue weighted by molar-refractivity contribution is 5.65.